The van der Waals surface area contributed by atoms with Gasteiger partial charge < -0.3 is 9.47 Å². The highest BCUT2D eigenvalue weighted by Gasteiger charge is 2.17. The summed E-state index contributed by atoms with van der Waals surface area (Å²) in [6.07, 6.45) is 0. The van der Waals surface area contributed by atoms with Gasteiger partial charge in [0.1, 0.15) is 5.75 Å². The number of rotatable bonds is 6. The van der Waals surface area contributed by atoms with E-state index < -0.39 is 16.0 Å². The van der Waals surface area contributed by atoms with Crippen LogP contribution in [0.25, 0.3) is 0 Å². The molecule has 0 aliphatic carbocycles. The van der Waals surface area contributed by atoms with Crippen molar-refractivity contribution in [1.29, 1.82) is 0 Å². The van der Waals surface area contributed by atoms with Gasteiger partial charge in [0.2, 0.25) is 10.0 Å². The third-order valence-electron chi connectivity index (χ3n) is 3.21. The molecule has 23 heavy (non-hydrogen) atoms. The first kappa shape index (κ1) is 17.0. The van der Waals surface area contributed by atoms with E-state index in [0.717, 1.165) is 0 Å². The number of ether oxygens (including phenoxy) is 2. The van der Waals surface area contributed by atoms with Crippen molar-refractivity contribution in [3.63, 3.8) is 0 Å². The molecule has 0 spiro atoms. The standard InChI is InChI=1S/C16H17NO5S/c1-21-15-9-4-3-6-13(15)11-17-23(19,20)14-8-5-7-12(10-14)16(18)22-2/h3-10,17H,11H2,1-2H3. The van der Waals surface area contributed by atoms with Crippen LogP contribution in [0.3, 0.4) is 0 Å². The molecular formula is C16H17NO5S. The highest BCUT2D eigenvalue weighted by Crippen LogP contribution is 2.18. The lowest BCUT2D eigenvalue weighted by Crippen LogP contribution is -2.23. The molecule has 0 aliphatic rings. The smallest absolute Gasteiger partial charge is 0.337 e. The molecule has 7 heteroatoms. The predicted molar refractivity (Wildman–Crippen MR) is 84.8 cm³/mol. The Morgan fingerprint density at radius 3 is 2.52 bits per heavy atom. The number of para-hydroxylation sites is 1. The van der Waals surface area contributed by atoms with E-state index in [9.17, 15) is 13.2 Å². The first-order valence-electron chi connectivity index (χ1n) is 6.78. The molecule has 122 valence electrons. The van der Waals surface area contributed by atoms with E-state index in [2.05, 4.69) is 9.46 Å². The third kappa shape index (κ3) is 4.08. The summed E-state index contributed by atoms with van der Waals surface area (Å²) in [4.78, 5) is 11.5. The summed E-state index contributed by atoms with van der Waals surface area (Å²) in [5, 5.41) is 0. The number of carbonyl (C=O) groups is 1. The van der Waals surface area contributed by atoms with Crippen LogP contribution in [0.5, 0.6) is 5.75 Å². The molecule has 0 heterocycles. The van der Waals surface area contributed by atoms with E-state index in [1.54, 1.807) is 24.3 Å². The largest absolute Gasteiger partial charge is 0.496 e. The molecular weight excluding hydrogens is 318 g/mol. The van der Waals surface area contributed by atoms with Gasteiger partial charge in [-0.15, -0.1) is 0 Å². The van der Waals surface area contributed by atoms with Gasteiger partial charge in [-0.2, -0.15) is 0 Å². The monoisotopic (exact) mass is 335 g/mol. The minimum atomic E-state index is -3.76. The molecule has 0 unspecified atom stereocenters. The lowest BCUT2D eigenvalue weighted by Gasteiger charge is -2.10. The Hall–Kier alpha value is -2.38. The van der Waals surface area contributed by atoms with E-state index in [-0.39, 0.29) is 17.0 Å². The first-order chi connectivity index (χ1) is 11.0. The van der Waals surface area contributed by atoms with Crippen LogP contribution < -0.4 is 9.46 Å². The van der Waals surface area contributed by atoms with Crippen LogP contribution >= 0.6 is 0 Å². The Labute approximate surface area is 135 Å². The van der Waals surface area contributed by atoms with Crippen molar-refractivity contribution in [2.45, 2.75) is 11.4 Å². The van der Waals surface area contributed by atoms with Crippen LogP contribution in [0.4, 0.5) is 0 Å². The molecule has 0 fully saturated rings. The minimum absolute atomic E-state index is 0.00435. The average molecular weight is 335 g/mol. The Kier molecular flexibility index (Phi) is 5.36. The van der Waals surface area contributed by atoms with Crippen molar-refractivity contribution < 1.29 is 22.7 Å². The second-order valence-corrected chi connectivity index (χ2v) is 6.42. The molecule has 2 aromatic carbocycles. The maximum atomic E-state index is 12.4. The minimum Gasteiger partial charge on any atom is -0.496 e. The summed E-state index contributed by atoms with van der Waals surface area (Å²) in [6, 6.07) is 12.8. The Morgan fingerprint density at radius 2 is 1.83 bits per heavy atom. The summed E-state index contributed by atoms with van der Waals surface area (Å²) in [6.45, 7) is 0.0782. The SMILES string of the molecule is COC(=O)c1cccc(S(=O)(=O)NCc2ccccc2OC)c1. The lowest BCUT2D eigenvalue weighted by molar-refractivity contribution is 0.0600. The fraction of sp³-hybridized carbons (Fsp3) is 0.188. The zero-order valence-corrected chi connectivity index (χ0v) is 13.6. The normalized spacial score (nSPS) is 11.0. The zero-order valence-electron chi connectivity index (χ0n) is 12.8. The van der Waals surface area contributed by atoms with Crippen LogP contribution in [0.2, 0.25) is 0 Å². The van der Waals surface area contributed by atoms with Gasteiger partial charge in [-0.25, -0.2) is 17.9 Å². The third-order valence-corrected chi connectivity index (χ3v) is 4.61. The van der Waals surface area contributed by atoms with Crippen molar-refractivity contribution in [2.75, 3.05) is 14.2 Å². The molecule has 0 amide bonds. The number of nitrogens with one attached hydrogen (secondary N) is 1. The van der Waals surface area contributed by atoms with Crippen LogP contribution in [0, 0.1) is 0 Å². The van der Waals surface area contributed by atoms with Crippen molar-refractivity contribution in [1.82, 2.24) is 4.72 Å². The number of methoxy groups -OCH3 is 2. The van der Waals surface area contributed by atoms with Gasteiger partial charge in [-0.05, 0) is 24.3 Å². The second-order valence-electron chi connectivity index (χ2n) is 4.66. The molecule has 0 atom stereocenters. The number of carbonyl (C=O) groups excluding carboxylic acids is 1. The van der Waals surface area contributed by atoms with Crippen molar-refractivity contribution in [3.05, 3.63) is 59.7 Å². The van der Waals surface area contributed by atoms with E-state index >= 15 is 0 Å². The molecule has 2 aromatic rings. The van der Waals surface area contributed by atoms with Gasteiger partial charge in [-0.3, -0.25) is 0 Å². The average Bonchev–Trinajstić information content (AvgIpc) is 2.59. The number of hydrogen-bond acceptors (Lipinski definition) is 5. The van der Waals surface area contributed by atoms with Crippen molar-refractivity contribution in [2.24, 2.45) is 0 Å². The van der Waals surface area contributed by atoms with Gasteiger partial charge in [0.05, 0.1) is 24.7 Å². The number of esters is 1. The van der Waals surface area contributed by atoms with E-state index in [1.807, 2.05) is 0 Å². The quantitative estimate of drug-likeness (QED) is 0.816. The van der Waals surface area contributed by atoms with Gasteiger partial charge >= 0.3 is 5.97 Å². The molecule has 2 rings (SSSR count). The number of hydrogen-bond donors (Lipinski definition) is 1. The van der Waals surface area contributed by atoms with Crippen LogP contribution in [-0.2, 0) is 21.3 Å². The molecule has 0 aromatic heterocycles. The van der Waals surface area contributed by atoms with Gasteiger partial charge in [0.25, 0.3) is 0 Å². The molecule has 0 bridgehead atoms. The molecule has 0 aliphatic heterocycles. The first-order valence-corrected chi connectivity index (χ1v) is 8.26. The summed E-state index contributed by atoms with van der Waals surface area (Å²) >= 11 is 0. The van der Waals surface area contributed by atoms with E-state index in [0.29, 0.717) is 11.3 Å². The molecule has 0 radical (unpaired) electrons. The van der Waals surface area contributed by atoms with Crippen LogP contribution in [0.1, 0.15) is 15.9 Å². The Bertz CT molecular complexity index is 802. The van der Waals surface area contributed by atoms with Crippen LogP contribution in [0.15, 0.2) is 53.4 Å². The van der Waals surface area contributed by atoms with Crippen LogP contribution in [-0.4, -0.2) is 28.6 Å². The van der Waals surface area contributed by atoms with Gasteiger partial charge in [0, 0.05) is 12.1 Å². The molecule has 0 saturated heterocycles. The van der Waals surface area contributed by atoms with E-state index in [4.69, 9.17) is 4.74 Å². The van der Waals surface area contributed by atoms with Gasteiger partial charge in [0.15, 0.2) is 0 Å². The highest BCUT2D eigenvalue weighted by molar-refractivity contribution is 7.89. The summed E-state index contributed by atoms with van der Waals surface area (Å²) in [5.41, 5.74) is 0.885. The summed E-state index contributed by atoms with van der Waals surface area (Å²) < 4.78 is 37.0. The molecule has 1 N–H and O–H groups in total. The highest BCUT2D eigenvalue weighted by atomic mass is 32.2. The summed E-state index contributed by atoms with van der Waals surface area (Å²) in [5.74, 6) is 0.00490. The fourth-order valence-corrected chi connectivity index (χ4v) is 3.07. The van der Waals surface area contributed by atoms with Crippen molar-refractivity contribution in [3.8, 4) is 5.75 Å². The Balaban J connectivity index is 2.21. The maximum Gasteiger partial charge on any atom is 0.337 e. The maximum absolute atomic E-state index is 12.4. The fourth-order valence-electron chi connectivity index (χ4n) is 2.01. The van der Waals surface area contributed by atoms with Crippen molar-refractivity contribution >= 4 is 16.0 Å². The molecule has 0 saturated carbocycles. The Morgan fingerprint density at radius 1 is 1.09 bits per heavy atom. The van der Waals surface area contributed by atoms with E-state index in [1.165, 1.54) is 38.5 Å². The summed E-state index contributed by atoms with van der Waals surface area (Å²) in [7, 11) is -1.00. The molecule has 6 nitrogen and oxygen atoms in total. The predicted octanol–water partition coefficient (Wildman–Crippen LogP) is 1.96. The second kappa shape index (κ2) is 7.26. The topological polar surface area (TPSA) is 81.7 Å². The number of benzene rings is 2. The number of sulfonamides is 1. The zero-order chi connectivity index (χ0) is 16.9. The van der Waals surface area contributed by atoms with Gasteiger partial charge in [-0.1, -0.05) is 24.3 Å². The lowest BCUT2D eigenvalue weighted by atomic mass is 10.2.